The Morgan fingerprint density at radius 2 is 2.09 bits per heavy atom. The van der Waals surface area contributed by atoms with Crippen LogP contribution in [0.4, 0.5) is 0 Å². The van der Waals surface area contributed by atoms with Gasteiger partial charge in [0, 0.05) is 18.7 Å². The first-order chi connectivity index (χ1) is 10.9. The van der Waals surface area contributed by atoms with Crippen LogP contribution >= 0.6 is 23.2 Å². The van der Waals surface area contributed by atoms with Crippen LogP contribution < -0.4 is 11.1 Å². The van der Waals surface area contributed by atoms with Gasteiger partial charge in [0.2, 0.25) is 11.8 Å². The molecule has 2 heterocycles. The molecule has 2 amide bonds. The van der Waals surface area contributed by atoms with Gasteiger partial charge >= 0.3 is 0 Å². The molecule has 6 nitrogen and oxygen atoms in total. The van der Waals surface area contributed by atoms with Crippen molar-refractivity contribution in [2.45, 2.75) is 30.8 Å². The van der Waals surface area contributed by atoms with Gasteiger partial charge in [-0.3, -0.25) is 9.59 Å². The number of phenolic OH excluding ortho intramolecular Hbond substituents is 1. The van der Waals surface area contributed by atoms with Crippen molar-refractivity contribution in [1.82, 2.24) is 10.2 Å². The number of aromatic hydroxyl groups is 1. The number of hydrogen-bond acceptors (Lipinski definition) is 4. The zero-order valence-corrected chi connectivity index (χ0v) is 13.8. The van der Waals surface area contributed by atoms with Gasteiger partial charge in [0.1, 0.15) is 17.8 Å². The molecule has 0 saturated carbocycles. The van der Waals surface area contributed by atoms with E-state index in [-0.39, 0.29) is 30.0 Å². The summed E-state index contributed by atoms with van der Waals surface area (Å²) in [6, 6.07) is 1.80. The van der Waals surface area contributed by atoms with Crippen molar-refractivity contribution >= 4 is 35.0 Å². The molecule has 23 heavy (non-hydrogen) atoms. The van der Waals surface area contributed by atoms with Crippen LogP contribution in [0.15, 0.2) is 12.1 Å². The van der Waals surface area contributed by atoms with Crippen LogP contribution in [0.2, 0.25) is 10.0 Å². The maximum Gasteiger partial charge on any atom is 0.247 e. The third-order valence-corrected chi connectivity index (χ3v) is 5.38. The highest BCUT2D eigenvalue weighted by Crippen LogP contribution is 2.43. The summed E-state index contributed by atoms with van der Waals surface area (Å²) in [4.78, 5) is 26.1. The van der Waals surface area contributed by atoms with Crippen LogP contribution in [0.1, 0.15) is 24.3 Å². The number of benzene rings is 1. The van der Waals surface area contributed by atoms with E-state index in [0.717, 1.165) is 0 Å². The van der Waals surface area contributed by atoms with E-state index in [1.807, 2.05) is 0 Å². The van der Waals surface area contributed by atoms with Crippen LogP contribution in [0.3, 0.4) is 0 Å². The molecule has 4 N–H and O–H groups in total. The smallest absolute Gasteiger partial charge is 0.247 e. The number of amides is 2. The molecule has 124 valence electrons. The van der Waals surface area contributed by atoms with Crippen molar-refractivity contribution in [3.05, 3.63) is 27.7 Å². The molecule has 1 aromatic rings. The van der Waals surface area contributed by atoms with Gasteiger partial charge in [-0.05, 0) is 30.9 Å². The summed E-state index contributed by atoms with van der Waals surface area (Å²) in [5, 5.41) is 13.4. The summed E-state index contributed by atoms with van der Waals surface area (Å²) in [5.74, 6) is -0.463. The molecule has 0 aliphatic carbocycles. The van der Waals surface area contributed by atoms with Crippen LogP contribution in [0.5, 0.6) is 5.75 Å². The highest BCUT2D eigenvalue weighted by Gasteiger charge is 2.44. The van der Waals surface area contributed by atoms with Gasteiger partial charge in [-0.15, -0.1) is 0 Å². The molecule has 3 rings (SSSR count). The van der Waals surface area contributed by atoms with E-state index in [2.05, 4.69) is 5.32 Å². The van der Waals surface area contributed by atoms with Gasteiger partial charge in [-0.25, -0.2) is 0 Å². The minimum absolute atomic E-state index is 0.0558. The average Bonchev–Trinajstić information content (AvgIpc) is 2.54. The highest BCUT2D eigenvalue weighted by atomic mass is 35.5. The van der Waals surface area contributed by atoms with Gasteiger partial charge in [-0.1, -0.05) is 23.2 Å². The van der Waals surface area contributed by atoms with Gasteiger partial charge in [0.25, 0.3) is 0 Å². The molecule has 1 aromatic carbocycles. The fourth-order valence-electron chi connectivity index (χ4n) is 3.37. The number of halogens is 2. The number of hydrogen-bond donors (Lipinski definition) is 3. The van der Waals surface area contributed by atoms with Gasteiger partial charge in [-0.2, -0.15) is 0 Å². The van der Waals surface area contributed by atoms with Crippen molar-refractivity contribution in [2.75, 3.05) is 13.1 Å². The van der Waals surface area contributed by atoms with Gasteiger partial charge < -0.3 is 21.1 Å². The topological polar surface area (TPSA) is 95.7 Å². The van der Waals surface area contributed by atoms with E-state index >= 15 is 0 Å². The molecule has 2 aliphatic rings. The van der Waals surface area contributed by atoms with E-state index in [4.69, 9.17) is 28.9 Å². The molecule has 0 spiro atoms. The Hall–Kier alpha value is -1.50. The zero-order valence-electron chi connectivity index (χ0n) is 12.3. The summed E-state index contributed by atoms with van der Waals surface area (Å²) in [5.41, 5.74) is 6.07. The normalized spacial score (nSPS) is 27.6. The number of fused-ring (bicyclic) bond motifs is 1. The van der Waals surface area contributed by atoms with Crippen LogP contribution in [0.25, 0.3) is 0 Å². The second-order valence-corrected chi connectivity index (χ2v) is 6.64. The van der Waals surface area contributed by atoms with Crippen molar-refractivity contribution in [3.63, 3.8) is 0 Å². The first-order valence-electron chi connectivity index (χ1n) is 7.41. The molecule has 3 atom stereocenters. The van der Waals surface area contributed by atoms with Crippen molar-refractivity contribution in [1.29, 1.82) is 0 Å². The predicted molar refractivity (Wildman–Crippen MR) is 86.6 cm³/mol. The Kier molecular flexibility index (Phi) is 4.40. The largest absolute Gasteiger partial charge is 0.508 e. The standard InChI is InChI=1S/C15H17Cl2N3O3/c16-8-1-2-11(21)12(13(8)17)7-3-4-20-10(5-7)14(22)19-9(6-18)15(20)23/h1-2,7,9-10,21H,3-6,18H2,(H,19,22)/t7-,9-,10+/m1/s1. The first kappa shape index (κ1) is 16.4. The predicted octanol–water partition coefficient (Wildman–Crippen LogP) is 1.23. The fraction of sp³-hybridized carbons (Fsp3) is 0.467. The number of piperidine rings is 1. The van der Waals surface area contributed by atoms with E-state index in [1.54, 1.807) is 4.90 Å². The maximum atomic E-state index is 12.3. The highest BCUT2D eigenvalue weighted by molar-refractivity contribution is 6.42. The number of piperazine rings is 1. The summed E-state index contributed by atoms with van der Waals surface area (Å²) >= 11 is 12.3. The SMILES string of the molecule is NC[C@H]1NC(=O)[C@@H]2C[C@H](c3c(O)ccc(Cl)c3Cl)CCN2C1=O. The number of nitrogens with one attached hydrogen (secondary N) is 1. The van der Waals surface area contributed by atoms with Crippen LogP contribution in [-0.4, -0.2) is 47.0 Å². The lowest BCUT2D eigenvalue weighted by atomic mass is 9.83. The lowest BCUT2D eigenvalue weighted by molar-refractivity contribution is -0.151. The number of phenols is 1. The van der Waals surface area contributed by atoms with Crippen LogP contribution in [0, 0.1) is 0 Å². The minimum Gasteiger partial charge on any atom is -0.508 e. The summed E-state index contributed by atoms with van der Waals surface area (Å²) in [7, 11) is 0. The first-order valence-corrected chi connectivity index (χ1v) is 8.17. The fourth-order valence-corrected chi connectivity index (χ4v) is 3.85. The molecular formula is C15H17Cl2N3O3. The monoisotopic (exact) mass is 357 g/mol. The lowest BCUT2D eigenvalue weighted by Gasteiger charge is -2.44. The van der Waals surface area contributed by atoms with Gasteiger partial charge in [0.05, 0.1) is 10.0 Å². The molecule has 0 aromatic heterocycles. The van der Waals surface area contributed by atoms with Crippen molar-refractivity contribution < 1.29 is 14.7 Å². The summed E-state index contributed by atoms with van der Waals surface area (Å²) in [6.45, 7) is 0.499. The molecule has 0 unspecified atom stereocenters. The molecule has 8 heteroatoms. The van der Waals surface area contributed by atoms with E-state index in [0.29, 0.717) is 35.0 Å². The molecule has 2 aliphatic heterocycles. The Morgan fingerprint density at radius 1 is 1.35 bits per heavy atom. The Labute approximate surface area is 143 Å². The van der Waals surface area contributed by atoms with E-state index < -0.39 is 12.1 Å². The quantitative estimate of drug-likeness (QED) is 0.741. The molecule has 2 fully saturated rings. The molecule has 2 saturated heterocycles. The third-order valence-electron chi connectivity index (χ3n) is 4.56. The van der Waals surface area contributed by atoms with E-state index in [1.165, 1.54) is 12.1 Å². The maximum absolute atomic E-state index is 12.3. The average molecular weight is 358 g/mol. The lowest BCUT2D eigenvalue weighted by Crippen LogP contribution is -2.66. The van der Waals surface area contributed by atoms with Crippen molar-refractivity contribution in [3.8, 4) is 5.75 Å². The Morgan fingerprint density at radius 3 is 2.78 bits per heavy atom. The molecule has 0 radical (unpaired) electrons. The molecular weight excluding hydrogens is 341 g/mol. The third kappa shape index (κ3) is 2.75. The minimum atomic E-state index is -0.654. The number of rotatable bonds is 2. The second-order valence-electron chi connectivity index (χ2n) is 5.86. The summed E-state index contributed by atoms with van der Waals surface area (Å²) < 4.78 is 0. The Balaban J connectivity index is 1.88. The number of carbonyl (C=O) groups is 2. The Bertz CT molecular complexity index is 668. The van der Waals surface area contributed by atoms with E-state index in [9.17, 15) is 14.7 Å². The van der Waals surface area contributed by atoms with Crippen molar-refractivity contribution in [2.24, 2.45) is 5.73 Å². The summed E-state index contributed by atoms with van der Waals surface area (Å²) in [6.07, 6.45) is 0.989. The zero-order chi connectivity index (χ0) is 16.7. The number of carbonyl (C=O) groups excluding carboxylic acids is 2. The second kappa shape index (κ2) is 6.19. The number of nitrogens with two attached hydrogens (primary N) is 1. The van der Waals surface area contributed by atoms with Crippen LogP contribution in [-0.2, 0) is 9.59 Å². The molecule has 0 bridgehead atoms. The van der Waals surface area contributed by atoms with Gasteiger partial charge in [0.15, 0.2) is 0 Å². The number of nitrogens with zero attached hydrogens (tertiary/aromatic N) is 1.